The van der Waals surface area contributed by atoms with Crippen LogP contribution in [0, 0.1) is 0 Å². The van der Waals surface area contributed by atoms with Gasteiger partial charge in [0.05, 0.1) is 7.11 Å². The second kappa shape index (κ2) is 6.45. The molecule has 21 heavy (non-hydrogen) atoms. The van der Waals surface area contributed by atoms with Gasteiger partial charge >= 0.3 is 5.97 Å². The van der Waals surface area contributed by atoms with Gasteiger partial charge in [-0.05, 0) is 25.6 Å². The first kappa shape index (κ1) is 15.8. The van der Waals surface area contributed by atoms with E-state index in [0.717, 1.165) is 37.5 Å². The number of nitrogens with zero attached hydrogens (tertiary/aromatic N) is 2. The van der Waals surface area contributed by atoms with Crippen molar-refractivity contribution in [3.05, 3.63) is 29.8 Å². The van der Waals surface area contributed by atoms with Gasteiger partial charge in [-0.25, -0.2) is 0 Å². The number of rotatable bonds is 5. The summed E-state index contributed by atoms with van der Waals surface area (Å²) in [6.07, 6.45) is 0.441. The van der Waals surface area contributed by atoms with E-state index in [0.29, 0.717) is 6.42 Å². The molecule has 0 saturated carbocycles. The number of likely N-dealkylation sites (N-methyl/N-ethyl adjacent to an activating group) is 1. The van der Waals surface area contributed by atoms with Crippen LogP contribution < -0.4 is 4.74 Å². The lowest BCUT2D eigenvalue weighted by Gasteiger charge is -2.42. The molecule has 1 fully saturated rings. The summed E-state index contributed by atoms with van der Waals surface area (Å²) in [5.74, 6) is -0.0305. The predicted molar refractivity (Wildman–Crippen MR) is 81.8 cm³/mol. The van der Waals surface area contributed by atoms with E-state index in [1.807, 2.05) is 31.2 Å². The topological polar surface area (TPSA) is 53.0 Å². The Labute approximate surface area is 126 Å². The molecule has 1 N–H and O–H groups in total. The molecule has 0 aliphatic carbocycles. The fourth-order valence-electron chi connectivity index (χ4n) is 2.84. The first-order valence-corrected chi connectivity index (χ1v) is 7.26. The molecule has 1 aliphatic heterocycles. The average molecular weight is 292 g/mol. The Morgan fingerprint density at radius 3 is 2.48 bits per heavy atom. The monoisotopic (exact) mass is 292 g/mol. The Kier molecular flexibility index (Phi) is 4.85. The predicted octanol–water partition coefficient (Wildman–Crippen LogP) is 1.33. The number of carboxylic acid groups (broad SMARTS) is 1. The van der Waals surface area contributed by atoms with Crippen molar-refractivity contribution in [3.63, 3.8) is 0 Å². The lowest BCUT2D eigenvalue weighted by molar-refractivity contribution is -0.151. The first-order valence-electron chi connectivity index (χ1n) is 7.26. The molecule has 1 aromatic rings. The summed E-state index contributed by atoms with van der Waals surface area (Å²) in [6.45, 7) is 5.15. The van der Waals surface area contributed by atoms with Crippen molar-refractivity contribution in [3.8, 4) is 5.75 Å². The molecule has 1 aromatic carbocycles. The van der Waals surface area contributed by atoms with E-state index in [1.54, 1.807) is 7.11 Å². The van der Waals surface area contributed by atoms with Gasteiger partial charge in [0.2, 0.25) is 0 Å². The third kappa shape index (κ3) is 3.36. The average Bonchev–Trinajstić information content (AvgIpc) is 2.48. The van der Waals surface area contributed by atoms with Crippen molar-refractivity contribution < 1.29 is 14.6 Å². The quantitative estimate of drug-likeness (QED) is 0.887. The second-order valence-corrected chi connectivity index (χ2v) is 5.86. The van der Waals surface area contributed by atoms with Crippen LogP contribution >= 0.6 is 0 Å². The van der Waals surface area contributed by atoms with Crippen molar-refractivity contribution in [1.29, 1.82) is 0 Å². The van der Waals surface area contributed by atoms with Gasteiger partial charge in [0.1, 0.15) is 11.3 Å². The summed E-state index contributed by atoms with van der Waals surface area (Å²) in [6, 6.07) is 7.64. The number of benzene rings is 1. The highest BCUT2D eigenvalue weighted by Crippen LogP contribution is 2.27. The third-order valence-electron chi connectivity index (χ3n) is 4.39. The van der Waals surface area contributed by atoms with Gasteiger partial charge in [0.15, 0.2) is 0 Å². The van der Waals surface area contributed by atoms with Crippen LogP contribution in [-0.4, -0.2) is 66.8 Å². The van der Waals surface area contributed by atoms with Crippen molar-refractivity contribution >= 4 is 5.97 Å². The van der Waals surface area contributed by atoms with Crippen LogP contribution in [0.2, 0.25) is 0 Å². The zero-order valence-corrected chi connectivity index (χ0v) is 13.0. The summed E-state index contributed by atoms with van der Waals surface area (Å²) in [4.78, 5) is 16.2. The van der Waals surface area contributed by atoms with Crippen molar-refractivity contribution in [2.45, 2.75) is 18.9 Å². The molecule has 0 amide bonds. The molecule has 1 unspecified atom stereocenters. The number of carbonyl (C=O) groups is 1. The minimum absolute atomic E-state index is 0.441. The molecule has 5 nitrogen and oxygen atoms in total. The van der Waals surface area contributed by atoms with Crippen molar-refractivity contribution in [1.82, 2.24) is 9.80 Å². The van der Waals surface area contributed by atoms with E-state index in [1.165, 1.54) is 0 Å². The number of carboxylic acids is 1. The minimum atomic E-state index is -0.907. The van der Waals surface area contributed by atoms with Gasteiger partial charge < -0.3 is 14.7 Å². The Morgan fingerprint density at radius 2 is 1.90 bits per heavy atom. The highest BCUT2D eigenvalue weighted by Gasteiger charge is 2.41. The maximum atomic E-state index is 11.9. The fraction of sp³-hybridized carbons (Fsp3) is 0.562. The number of piperazine rings is 1. The van der Waals surface area contributed by atoms with E-state index in [2.05, 4.69) is 16.8 Å². The van der Waals surface area contributed by atoms with Crippen LogP contribution in [0.3, 0.4) is 0 Å². The smallest absolute Gasteiger partial charge is 0.324 e. The summed E-state index contributed by atoms with van der Waals surface area (Å²) in [7, 11) is 3.68. The number of hydrogen-bond donors (Lipinski definition) is 1. The van der Waals surface area contributed by atoms with E-state index in [4.69, 9.17) is 4.74 Å². The molecule has 1 aliphatic rings. The molecule has 0 aromatic heterocycles. The molecule has 0 spiro atoms. The molecule has 116 valence electrons. The zero-order chi connectivity index (χ0) is 15.5. The van der Waals surface area contributed by atoms with Gasteiger partial charge in [-0.15, -0.1) is 0 Å². The standard InChI is InChI=1S/C16H24N2O3/c1-16(15(19)20,18-10-8-17(2)9-11-18)12-13-6-4-5-7-14(13)21-3/h4-7H,8-12H2,1-3H3,(H,19,20). The van der Waals surface area contributed by atoms with E-state index < -0.39 is 11.5 Å². The van der Waals surface area contributed by atoms with Crippen molar-refractivity contribution in [2.24, 2.45) is 0 Å². The summed E-state index contributed by atoms with van der Waals surface area (Å²) < 4.78 is 5.36. The molecule has 1 saturated heterocycles. The van der Waals surface area contributed by atoms with Gasteiger partial charge in [-0.2, -0.15) is 0 Å². The Balaban J connectivity index is 2.24. The normalized spacial score (nSPS) is 20.0. The molecule has 1 atom stereocenters. The van der Waals surface area contributed by atoms with Crippen molar-refractivity contribution in [2.75, 3.05) is 40.3 Å². The largest absolute Gasteiger partial charge is 0.496 e. The van der Waals surface area contributed by atoms with Crippen LogP contribution in [0.25, 0.3) is 0 Å². The van der Waals surface area contributed by atoms with E-state index in [-0.39, 0.29) is 0 Å². The van der Waals surface area contributed by atoms with E-state index in [9.17, 15) is 9.90 Å². The number of ether oxygens (including phenoxy) is 1. The molecule has 0 radical (unpaired) electrons. The van der Waals surface area contributed by atoms with Crippen LogP contribution in [0.4, 0.5) is 0 Å². The molecular formula is C16H24N2O3. The number of hydrogen-bond acceptors (Lipinski definition) is 4. The molecule has 1 heterocycles. The van der Waals surface area contributed by atoms with Crippen LogP contribution in [0.1, 0.15) is 12.5 Å². The highest BCUT2D eigenvalue weighted by molar-refractivity contribution is 5.79. The maximum Gasteiger partial charge on any atom is 0.324 e. The maximum absolute atomic E-state index is 11.9. The number of methoxy groups -OCH3 is 1. The first-order chi connectivity index (χ1) is 9.97. The Morgan fingerprint density at radius 1 is 1.29 bits per heavy atom. The summed E-state index contributed by atoms with van der Waals surface area (Å²) >= 11 is 0. The highest BCUT2D eigenvalue weighted by atomic mass is 16.5. The van der Waals surface area contributed by atoms with E-state index >= 15 is 0 Å². The second-order valence-electron chi connectivity index (χ2n) is 5.86. The minimum Gasteiger partial charge on any atom is -0.496 e. The molecule has 5 heteroatoms. The Hall–Kier alpha value is -1.59. The van der Waals surface area contributed by atoms with Crippen LogP contribution in [-0.2, 0) is 11.2 Å². The molecule has 2 rings (SSSR count). The van der Waals surface area contributed by atoms with Gasteiger partial charge in [0, 0.05) is 32.6 Å². The zero-order valence-electron chi connectivity index (χ0n) is 13.0. The van der Waals surface area contributed by atoms with Gasteiger partial charge in [-0.3, -0.25) is 9.69 Å². The van der Waals surface area contributed by atoms with Crippen LogP contribution in [0.15, 0.2) is 24.3 Å². The molecule has 0 bridgehead atoms. The lowest BCUT2D eigenvalue weighted by atomic mass is 9.89. The number of aliphatic carboxylic acids is 1. The van der Waals surface area contributed by atoms with Gasteiger partial charge in [0.25, 0.3) is 0 Å². The Bertz CT molecular complexity index is 498. The SMILES string of the molecule is COc1ccccc1CC(C)(C(=O)O)N1CCN(C)CC1. The van der Waals surface area contributed by atoms with Gasteiger partial charge in [-0.1, -0.05) is 18.2 Å². The van der Waals surface area contributed by atoms with Crippen LogP contribution in [0.5, 0.6) is 5.75 Å². The fourth-order valence-corrected chi connectivity index (χ4v) is 2.84. The lowest BCUT2D eigenvalue weighted by Crippen LogP contribution is -2.59. The molecular weight excluding hydrogens is 268 g/mol. The number of para-hydroxylation sites is 1. The third-order valence-corrected chi connectivity index (χ3v) is 4.39. The summed E-state index contributed by atoms with van der Waals surface area (Å²) in [5, 5.41) is 9.78. The summed E-state index contributed by atoms with van der Waals surface area (Å²) in [5.41, 5.74) is 0.0272.